The van der Waals surface area contributed by atoms with Crippen LogP contribution in [-0.4, -0.2) is 42.4 Å². The number of amides is 2. The smallest absolute Gasteiger partial charge is 0.246 e. The van der Waals surface area contributed by atoms with Crippen molar-refractivity contribution in [3.8, 4) is 5.75 Å². The van der Waals surface area contributed by atoms with Crippen molar-refractivity contribution in [2.75, 3.05) is 26.0 Å². The molecule has 0 atom stereocenters. The van der Waals surface area contributed by atoms with E-state index in [1.54, 1.807) is 32.6 Å². The molecule has 0 spiro atoms. The highest BCUT2D eigenvalue weighted by molar-refractivity contribution is 5.97. The van der Waals surface area contributed by atoms with Crippen LogP contribution in [0, 0.1) is 0 Å². The van der Waals surface area contributed by atoms with Crippen LogP contribution in [0.1, 0.15) is 16.7 Å². The molecule has 1 heterocycles. The number of hydrogen-bond donors (Lipinski definition) is 1. The van der Waals surface area contributed by atoms with E-state index in [-0.39, 0.29) is 18.4 Å². The van der Waals surface area contributed by atoms with Gasteiger partial charge in [0, 0.05) is 31.2 Å². The van der Waals surface area contributed by atoms with Crippen molar-refractivity contribution >= 4 is 23.6 Å². The van der Waals surface area contributed by atoms with Crippen molar-refractivity contribution in [3.05, 3.63) is 95.8 Å². The number of carbonyl (C=O) groups is 2. The molecular formula is C25H25N3O3. The lowest BCUT2D eigenvalue weighted by atomic mass is 10.1. The predicted octanol–water partition coefficient (Wildman–Crippen LogP) is 3.79. The maximum atomic E-state index is 12.3. The topological polar surface area (TPSA) is 71.5 Å². The van der Waals surface area contributed by atoms with Gasteiger partial charge in [0.2, 0.25) is 11.8 Å². The normalized spacial score (nSPS) is 10.6. The molecule has 0 aliphatic carbocycles. The zero-order valence-electron chi connectivity index (χ0n) is 17.6. The summed E-state index contributed by atoms with van der Waals surface area (Å²) in [5, 5.41) is 2.82. The number of likely N-dealkylation sites (N-methyl/N-ethyl adjacent to an activating group) is 1. The van der Waals surface area contributed by atoms with Gasteiger partial charge in [-0.25, -0.2) is 0 Å². The molecule has 2 aromatic carbocycles. The van der Waals surface area contributed by atoms with Crippen LogP contribution in [0.2, 0.25) is 0 Å². The molecule has 1 N–H and O–H groups in total. The van der Waals surface area contributed by atoms with Gasteiger partial charge in [-0.1, -0.05) is 24.3 Å². The van der Waals surface area contributed by atoms with Crippen LogP contribution in [0.3, 0.4) is 0 Å². The summed E-state index contributed by atoms with van der Waals surface area (Å²) in [6.07, 6.45) is 7.48. The second-order valence-corrected chi connectivity index (χ2v) is 7.08. The van der Waals surface area contributed by atoms with E-state index in [1.165, 1.54) is 16.5 Å². The molecule has 1 aromatic heterocycles. The number of anilines is 1. The Morgan fingerprint density at radius 2 is 1.74 bits per heavy atom. The molecule has 31 heavy (non-hydrogen) atoms. The van der Waals surface area contributed by atoms with Gasteiger partial charge in [-0.3, -0.25) is 14.6 Å². The molecule has 2 amide bonds. The number of pyridine rings is 1. The van der Waals surface area contributed by atoms with Crippen LogP contribution < -0.4 is 10.1 Å². The minimum Gasteiger partial charge on any atom is -0.497 e. The van der Waals surface area contributed by atoms with E-state index in [0.717, 1.165) is 17.5 Å². The number of benzene rings is 2. The average Bonchev–Trinajstić information content (AvgIpc) is 2.79. The molecule has 0 saturated heterocycles. The van der Waals surface area contributed by atoms with Crippen molar-refractivity contribution in [2.24, 2.45) is 0 Å². The van der Waals surface area contributed by atoms with Gasteiger partial charge in [0.25, 0.3) is 0 Å². The Bertz CT molecular complexity index is 1050. The maximum absolute atomic E-state index is 12.3. The van der Waals surface area contributed by atoms with Crippen LogP contribution in [0.4, 0.5) is 5.69 Å². The van der Waals surface area contributed by atoms with Crippen LogP contribution in [-0.2, 0) is 16.0 Å². The molecule has 3 aromatic rings. The van der Waals surface area contributed by atoms with E-state index in [1.807, 2.05) is 60.7 Å². The van der Waals surface area contributed by atoms with Crippen LogP contribution in [0.15, 0.2) is 79.1 Å². The molecule has 0 unspecified atom stereocenters. The summed E-state index contributed by atoms with van der Waals surface area (Å²) in [7, 11) is 3.19. The van der Waals surface area contributed by atoms with Gasteiger partial charge >= 0.3 is 0 Å². The minimum absolute atomic E-state index is 0.0416. The van der Waals surface area contributed by atoms with Gasteiger partial charge in [0.1, 0.15) is 5.75 Å². The van der Waals surface area contributed by atoms with Crippen LogP contribution in [0.25, 0.3) is 6.08 Å². The number of rotatable bonds is 8. The highest BCUT2D eigenvalue weighted by Gasteiger charge is 2.11. The first-order valence-electron chi connectivity index (χ1n) is 9.88. The fourth-order valence-electron chi connectivity index (χ4n) is 2.98. The number of ether oxygens (including phenoxy) is 1. The number of nitrogens with one attached hydrogen (secondary N) is 1. The molecule has 0 bridgehead atoms. The van der Waals surface area contributed by atoms with Crippen LogP contribution in [0.5, 0.6) is 5.75 Å². The molecule has 3 rings (SSSR count). The molecule has 0 radical (unpaired) electrons. The first kappa shape index (κ1) is 21.8. The lowest BCUT2D eigenvalue weighted by Crippen LogP contribution is -2.33. The molecule has 0 fully saturated rings. The Kier molecular flexibility index (Phi) is 7.54. The Labute approximate surface area is 182 Å². The van der Waals surface area contributed by atoms with Crippen molar-refractivity contribution in [3.63, 3.8) is 0 Å². The largest absolute Gasteiger partial charge is 0.497 e. The van der Waals surface area contributed by atoms with E-state index < -0.39 is 0 Å². The van der Waals surface area contributed by atoms with E-state index in [0.29, 0.717) is 11.4 Å². The third-order valence-corrected chi connectivity index (χ3v) is 4.66. The fraction of sp³-hybridized carbons (Fsp3) is 0.160. The van der Waals surface area contributed by atoms with E-state index in [9.17, 15) is 9.59 Å². The standard InChI is InChI=1S/C25H25N3O3/c1-28(25(30)11-8-19-4-3-5-23(17-19)31-2)18-24(29)27-22-9-6-20(7-10-22)16-21-12-14-26-15-13-21/h3-15,17H,16,18H2,1-2H3,(H,27,29)/b11-8+. The molecule has 0 aliphatic heterocycles. The minimum atomic E-state index is -0.259. The lowest BCUT2D eigenvalue weighted by Gasteiger charge is -2.15. The molecule has 6 nitrogen and oxygen atoms in total. The third kappa shape index (κ3) is 6.82. The summed E-state index contributed by atoms with van der Waals surface area (Å²) < 4.78 is 5.17. The fourth-order valence-corrected chi connectivity index (χ4v) is 2.98. The van der Waals surface area contributed by atoms with Gasteiger partial charge < -0.3 is 15.0 Å². The summed E-state index contributed by atoms with van der Waals surface area (Å²) in [6, 6.07) is 19.0. The maximum Gasteiger partial charge on any atom is 0.246 e. The average molecular weight is 415 g/mol. The number of hydrogen-bond acceptors (Lipinski definition) is 4. The number of carbonyl (C=O) groups excluding carboxylic acids is 2. The number of nitrogens with zero attached hydrogens (tertiary/aromatic N) is 2. The molecular weight excluding hydrogens is 390 g/mol. The van der Waals surface area contributed by atoms with Crippen molar-refractivity contribution in [1.29, 1.82) is 0 Å². The first-order chi connectivity index (χ1) is 15.0. The van der Waals surface area contributed by atoms with E-state index in [4.69, 9.17) is 4.74 Å². The second kappa shape index (κ2) is 10.7. The highest BCUT2D eigenvalue weighted by atomic mass is 16.5. The zero-order valence-corrected chi connectivity index (χ0v) is 17.6. The van der Waals surface area contributed by atoms with Crippen molar-refractivity contribution in [2.45, 2.75) is 6.42 Å². The Morgan fingerprint density at radius 1 is 1.03 bits per heavy atom. The van der Waals surface area contributed by atoms with E-state index in [2.05, 4.69) is 10.3 Å². The quantitative estimate of drug-likeness (QED) is 0.568. The van der Waals surface area contributed by atoms with Gasteiger partial charge in [0.15, 0.2) is 0 Å². The summed E-state index contributed by atoms with van der Waals surface area (Å²) in [5.74, 6) is 0.201. The summed E-state index contributed by atoms with van der Waals surface area (Å²) >= 11 is 0. The Hall–Kier alpha value is -3.93. The number of methoxy groups -OCH3 is 1. The lowest BCUT2D eigenvalue weighted by molar-refractivity contribution is -0.129. The van der Waals surface area contributed by atoms with Gasteiger partial charge in [0.05, 0.1) is 13.7 Å². The second-order valence-electron chi connectivity index (χ2n) is 7.08. The van der Waals surface area contributed by atoms with E-state index >= 15 is 0 Å². The number of aromatic nitrogens is 1. The third-order valence-electron chi connectivity index (χ3n) is 4.66. The first-order valence-corrected chi connectivity index (χ1v) is 9.88. The zero-order chi connectivity index (χ0) is 22.1. The van der Waals surface area contributed by atoms with Gasteiger partial charge in [-0.2, -0.15) is 0 Å². The SMILES string of the molecule is COc1cccc(/C=C/C(=O)N(C)CC(=O)Nc2ccc(Cc3ccncc3)cc2)c1. The summed E-state index contributed by atoms with van der Waals surface area (Å²) in [5.41, 5.74) is 3.85. The molecule has 0 aliphatic rings. The van der Waals surface area contributed by atoms with Gasteiger partial charge in [-0.05, 0) is 65.6 Å². The molecule has 6 heteroatoms. The van der Waals surface area contributed by atoms with Crippen molar-refractivity contribution < 1.29 is 14.3 Å². The summed E-state index contributed by atoms with van der Waals surface area (Å²) in [6.45, 7) is -0.0416. The molecule has 0 saturated carbocycles. The molecule has 158 valence electrons. The predicted molar refractivity (Wildman–Crippen MR) is 122 cm³/mol. The Balaban J connectivity index is 1.50. The summed E-state index contributed by atoms with van der Waals surface area (Å²) in [4.78, 5) is 30.0. The van der Waals surface area contributed by atoms with Crippen LogP contribution >= 0.6 is 0 Å². The monoisotopic (exact) mass is 415 g/mol. The Morgan fingerprint density at radius 3 is 2.45 bits per heavy atom. The van der Waals surface area contributed by atoms with Gasteiger partial charge in [-0.15, -0.1) is 0 Å². The van der Waals surface area contributed by atoms with Crippen molar-refractivity contribution in [1.82, 2.24) is 9.88 Å². The highest BCUT2D eigenvalue weighted by Crippen LogP contribution is 2.15.